The first kappa shape index (κ1) is 17.4. The number of rotatable bonds is 7. The molecule has 0 bridgehead atoms. The Kier molecular flexibility index (Phi) is 5.67. The number of furan rings is 1. The van der Waals surface area contributed by atoms with Crippen molar-refractivity contribution in [3.05, 3.63) is 64.8 Å². The van der Waals surface area contributed by atoms with Gasteiger partial charge >= 0.3 is 0 Å². The highest BCUT2D eigenvalue weighted by Crippen LogP contribution is 2.18. The van der Waals surface area contributed by atoms with E-state index in [0.717, 1.165) is 17.1 Å². The first-order valence-corrected chi connectivity index (χ1v) is 8.82. The predicted octanol–water partition coefficient (Wildman–Crippen LogP) is 3.13. The minimum atomic E-state index is -0.103. The Morgan fingerprint density at radius 1 is 1.32 bits per heavy atom. The van der Waals surface area contributed by atoms with Gasteiger partial charge in [-0.2, -0.15) is 4.37 Å². The first-order valence-electron chi connectivity index (χ1n) is 7.67. The van der Waals surface area contributed by atoms with Gasteiger partial charge in [0.1, 0.15) is 11.6 Å². The van der Waals surface area contributed by atoms with E-state index in [1.54, 1.807) is 17.2 Å². The molecule has 2 aromatic heterocycles. The van der Waals surface area contributed by atoms with Crippen LogP contribution in [0.4, 0.5) is 5.13 Å². The number of likely N-dealkylation sites (N-methyl/N-ethyl adjacent to an activating group) is 1. The number of aromatic nitrogens is 2. The van der Waals surface area contributed by atoms with Crippen LogP contribution in [0.5, 0.6) is 0 Å². The molecule has 0 aliphatic carbocycles. The zero-order chi connectivity index (χ0) is 17.6. The number of hydrogen-bond donors (Lipinski definition) is 1. The van der Waals surface area contributed by atoms with Crippen molar-refractivity contribution in [2.45, 2.75) is 13.0 Å². The standard InChI is InChI=1S/C17H17ClN4O2S/c1-22(11-16(23)19-10-14-3-2-8-24-14)17-20-15(21-25-17)9-12-4-6-13(18)7-5-12/h2-8H,9-11H2,1H3,(H,19,23). The van der Waals surface area contributed by atoms with Crippen LogP contribution in [-0.2, 0) is 17.8 Å². The monoisotopic (exact) mass is 376 g/mol. The average Bonchev–Trinajstić information content (AvgIpc) is 3.27. The fraction of sp³-hybridized carbons (Fsp3) is 0.235. The lowest BCUT2D eigenvalue weighted by molar-refractivity contribution is -0.119. The fourth-order valence-corrected chi connectivity index (χ4v) is 2.96. The van der Waals surface area contributed by atoms with Gasteiger partial charge in [0, 0.05) is 30.0 Å². The van der Waals surface area contributed by atoms with Gasteiger partial charge < -0.3 is 14.6 Å². The van der Waals surface area contributed by atoms with E-state index in [1.807, 2.05) is 37.4 Å². The summed E-state index contributed by atoms with van der Waals surface area (Å²) < 4.78 is 9.54. The second-order valence-electron chi connectivity index (χ2n) is 5.51. The van der Waals surface area contributed by atoms with Crippen LogP contribution in [0.1, 0.15) is 17.1 Å². The van der Waals surface area contributed by atoms with Crippen molar-refractivity contribution in [2.24, 2.45) is 0 Å². The Balaban J connectivity index is 1.52. The molecule has 0 atom stereocenters. The zero-order valence-electron chi connectivity index (χ0n) is 13.6. The van der Waals surface area contributed by atoms with Gasteiger partial charge in [0.05, 0.1) is 19.4 Å². The SMILES string of the molecule is CN(CC(=O)NCc1ccco1)c1nc(Cc2ccc(Cl)cc2)ns1. The number of carbonyl (C=O) groups excluding carboxylic acids is 1. The number of amides is 1. The summed E-state index contributed by atoms with van der Waals surface area (Å²) in [5.41, 5.74) is 1.09. The van der Waals surface area contributed by atoms with Crippen molar-refractivity contribution in [3.63, 3.8) is 0 Å². The van der Waals surface area contributed by atoms with Crippen LogP contribution in [0.3, 0.4) is 0 Å². The lowest BCUT2D eigenvalue weighted by Gasteiger charge is -2.14. The summed E-state index contributed by atoms with van der Waals surface area (Å²) in [6, 6.07) is 11.2. The summed E-state index contributed by atoms with van der Waals surface area (Å²) in [5.74, 6) is 1.34. The Bertz CT molecular complexity index is 818. The molecule has 3 aromatic rings. The topological polar surface area (TPSA) is 71.3 Å². The van der Waals surface area contributed by atoms with Gasteiger partial charge in [-0.25, -0.2) is 4.98 Å². The van der Waals surface area contributed by atoms with Crippen molar-refractivity contribution >= 4 is 34.2 Å². The van der Waals surface area contributed by atoms with Crippen LogP contribution >= 0.6 is 23.1 Å². The maximum atomic E-state index is 12.0. The van der Waals surface area contributed by atoms with Gasteiger partial charge in [-0.05, 0) is 29.8 Å². The molecule has 0 saturated heterocycles. The molecule has 0 unspecified atom stereocenters. The summed E-state index contributed by atoms with van der Waals surface area (Å²) in [4.78, 5) is 18.3. The van der Waals surface area contributed by atoms with E-state index in [-0.39, 0.29) is 12.5 Å². The van der Waals surface area contributed by atoms with E-state index in [2.05, 4.69) is 14.7 Å². The molecule has 8 heteroatoms. The van der Waals surface area contributed by atoms with E-state index in [1.165, 1.54) is 11.5 Å². The van der Waals surface area contributed by atoms with Crippen molar-refractivity contribution in [1.82, 2.24) is 14.7 Å². The van der Waals surface area contributed by atoms with Crippen LogP contribution in [0.15, 0.2) is 47.1 Å². The molecule has 130 valence electrons. The molecule has 0 radical (unpaired) electrons. The van der Waals surface area contributed by atoms with Crippen LogP contribution in [0.25, 0.3) is 0 Å². The molecule has 0 fully saturated rings. The third-order valence-electron chi connectivity index (χ3n) is 3.48. The Morgan fingerprint density at radius 2 is 2.12 bits per heavy atom. The van der Waals surface area contributed by atoms with Crippen molar-refractivity contribution in [3.8, 4) is 0 Å². The highest BCUT2D eigenvalue weighted by Gasteiger charge is 2.13. The molecular weight excluding hydrogens is 360 g/mol. The molecule has 2 heterocycles. The Hall–Kier alpha value is -2.38. The quantitative estimate of drug-likeness (QED) is 0.686. The third-order valence-corrected chi connectivity index (χ3v) is 4.60. The number of halogens is 1. The van der Waals surface area contributed by atoms with Gasteiger partial charge in [-0.3, -0.25) is 4.79 Å². The summed E-state index contributed by atoms with van der Waals surface area (Å²) in [7, 11) is 1.82. The minimum absolute atomic E-state index is 0.103. The number of anilines is 1. The highest BCUT2D eigenvalue weighted by atomic mass is 35.5. The Labute approximate surface area is 154 Å². The number of benzene rings is 1. The van der Waals surface area contributed by atoms with E-state index < -0.39 is 0 Å². The molecule has 0 aliphatic rings. The lowest BCUT2D eigenvalue weighted by Crippen LogP contribution is -2.34. The van der Waals surface area contributed by atoms with Crippen LogP contribution in [0, 0.1) is 0 Å². The van der Waals surface area contributed by atoms with Gasteiger partial charge in [-0.15, -0.1) is 0 Å². The van der Waals surface area contributed by atoms with Gasteiger partial charge in [0.15, 0.2) is 0 Å². The van der Waals surface area contributed by atoms with E-state index in [4.69, 9.17) is 16.0 Å². The lowest BCUT2D eigenvalue weighted by atomic mass is 10.1. The van der Waals surface area contributed by atoms with Crippen LogP contribution in [0.2, 0.25) is 5.02 Å². The average molecular weight is 377 g/mol. The molecule has 0 saturated carbocycles. The van der Waals surface area contributed by atoms with Gasteiger partial charge in [0.2, 0.25) is 11.0 Å². The van der Waals surface area contributed by atoms with Crippen molar-refractivity contribution < 1.29 is 9.21 Å². The predicted molar refractivity (Wildman–Crippen MR) is 98.0 cm³/mol. The molecule has 1 aromatic carbocycles. The largest absolute Gasteiger partial charge is 0.467 e. The second kappa shape index (κ2) is 8.13. The Morgan fingerprint density at radius 3 is 2.84 bits per heavy atom. The molecule has 3 rings (SSSR count). The summed E-state index contributed by atoms with van der Waals surface area (Å²) >= 11 is 7.17. The number of nitrogens with zero attached hydrogens (tertiary/aromatic N) is 3. The molecule has 6 nitrogen and oxygen atoms in total. The first-order chi connectivity index (χ1) is 12.1. The van der Waals surface area contributed by atoms with Gasteiger partial charge in [-0.1, -0.05) is 23.7 Å². The maximum Gasteiger partial charge on any atom is 0.239 e. The smallest absolute Gasteiger partial charge is 0.239 e. The summed E-state index contributed by atoms with van der Waals surface area (Å²) in [6.07, 6.45) is 2.21. The fourth-order valence-electron chi connectivity index (χ4n) is 2.19. The van der Waals surface area contributed by atoms with E-state index >= 15 is 0 Å². The summed E-state index contributed by atoms with van der Waals surface area (Å²) in [5, 5.41) is 4.22. The molecule has 25 heavy (non-hydrogen) atoms. The van der Waals surface area contributed by atoms with E-state index in [9.17, 15) is 4.79 Å². The number of nitrogens with one attached hydrogen (secondary N) is 1. The molecule has 1 N–H and O–H groups in total. The normalized spacial score (nSPS) is 10.6. The molecular formula is C17H17ClN4O2S. The second-order valence-corrected chi connectivity index (χ2v) is 6.68. The molecule has 0 spiro atoms. The van der Waals surface area contributed by atoms with Crippen LogP contribution < -0.4 is 10.2 Å². The van der Waals surface area contributed by atoms with E-state index in [0.29, 0.717) is 23.1 Å². The molecule has 1 amide bonds. The minimum Gasteiger partial charge on any atom is -0.467 e. The van der Waals surface area contributed by atoms with Gasteiger partial charge in [0.25, 0.3) is 0 Å². The van der Waals surface area contributed by atoms with Crippen molar-refractivity contribution in [1.29, 1.82) is 0 Å². The summed E-state index contributed by atoms with van der Waals surface area (Å²) in [6.45, 7) is 0.577. The highest BCUT2D eigenvalue weighted by molar-refractivity contribution is 7.09. The third kappa shape index (κ3) is 5.04. The number of hydrogen-bond acceptors (Lipinski definition) is 6. The van der Waals surface area contributed by atoms with Crippen LogP contribution in [-0.4, -0.2) is 28.9 Å². The zero-order valence-corrected chi connectivity index (χ0v) is 15.2. The maximum absolute atomic E-state index is 12.0. The van der Waals surface area contributed by atoms with Crippen molar-refractivity contribution in [2.75, 3.05) is 18.5 Å². The number of carbonyl (C=O) groups is 1. The molecule has 0 aliphatic heterocycles.